The van der Waals surface area contributed by atoms with Gasteiger partial charge in [-0.2, -0.15) is 0 Å². The minimum atomic E-state index is -0.840. The molecule has 0 spiro atoms. The van der Waals surface area contributed by atoms with E-state index in [1.165, 1.54) is 6.07 Å². The van der Waals surface area contributed by atoms with Gasteiger partial charge >= 0.3 is 0 Å². The minimum Gasteiger partial charge on any atom is -0.365 e. The molecule has 1 saturated heterocycles. The Balaban J connectivity index is 1.89. The van der Waals surface area contributed by atoms with Crippen molar-refractivity contribution >= 4 is 0 Å². The molecular weight excluding hydrogens is 284 g/mol. The van der Waals surface area contributed by atoms with E-state index in [1.807, 2.05) is 30.3 Å². The maximum absolute atomic E-state index is 13.6. The second kappa shape index (κ2) is 6.99. The average molecular weight is 303 g/mol. The van der Waals surface area contributed by atoms with Gasteiger partial charge in [0.25, 0.3) is 0 Å². The molecule has 1 aliphatic heterocycles. The fourth-order valence-electron chi connectivity index (χ4n) is 2.78. The van der Waals surface area contributed by atoms with Crippen LogP contribution in [-0.4, -0.2) is 19.2 Å². The highest BCUT2D eigenvalue weighted by Crippen LogP contribution is 2.30. The van der Waals surface area contributed by atoms with Crippen LogP contribution in [0.15, 0.2) is 48.5 Å². The molecule has 0 amide bonds. The molecule has 2 aromatic rings. The summed E-state index contributed by atoms with van der Waals surface area (Å²) in [4.78, 5) is 0. The number of rotatable bonds is 4. The monoisotopic (exact) mass is 303 g/mol. The zero-order chi connectivity index (χ0) is 15.4. The number of halogens is 2. The molecule has 1 fully saturated rings. The summed E-state index contributed by atoms with van der Waals surface area (Å²) in [6.45, 7) is 1.84. The number of hydrogen-bond donors (Lipinski definition) is 1. The van der Waals surface area contributed by atoms with Crippen molar-refractivity contribution in [1.82, 2.24) is 5.32 Å². The largest absolute Gasteiger partial charge is 0.365 e. The molecule has 0 radical (unpaired) electrons. The maximum atomic E-state index is 13.6. The normalized spacial score (nSPS) is 17.4. The Kier molecular flexibility index (Phi) is 4.80. The Morgan fingerprint density at radius 2 is 1.64 bits per heavy atom. The maximum Gasteiger partial charge on any atom is 0.159 e. The van der Waals surface area contributed by atoms with Gasteiger partial charge in [0, 0.05) is 0 Å². The summed E-state index contributed by atoms with van der Waals surface area (Å²) >= 11 is 0. The quantitative estimate of drug-likeness (QED) is 0.927. The molecular formula is C18H19F2NO. The van der Waals surface area contributed by atoms with Gasteiger partial charge in [-0.1, -0.05) is 36.4 Å². The topological polar surface area (TPSA) is 21.3 Å². The predicted octanol–water partition coefficient (Wildman–Crippen LogP) is 3.82. The molecule has 0 bridgehead atoms. The van der Waals surface area contributed by atoms with Crippen LogP contribution in [0.4, 0.5) is 8.78 Å². The lowest BCUT2D eigenvalue weighted by Gasteiger charge is -2.28. The van der Waals surface area contributed by atoms with Gasteiger partial charge in [-0.25, -0.2) is 8.78 Å². The summed E-state index contributed by atoms with van der Waals surface area (Å²) in [6.07, 6.45) is 1.60. The van der Waals surface area contributed by atoms with Crippen molar-refractivity contribution in [3.8, 4) is 0 Å². The Labute approximate surface area is 129 Å². The van der Waals surface area contributed by atoms with Crippen molar-refractivity contribution in [3.05, 3.63) is 71.3 Å². The molecule has 1 N–H and O–H groups in total. The van der Waals surface area contributed by atoms with Crippen molar-refractivity contribution in [3.63, 3.8) is 0 Å². The van der Waals surface area contributed by atoms with Crippen molar-refractivity contribution in [2.45, 2.75) is 25.0 Å². The number of piperidine rings is 1. The lowest BCUT2D eigenvalue weighted by molar-refractivity contribution is -0.00821. The smallest absolute Gasteiger partial charge is 0.159 e. The summed E-state index contributed by atoms with van der Waals surface area (Å²) in [5, 5.41) is 3.29. The van der Waals surface area contributed by atoms with E-state index < -0.39 is 11.6 Å². The van der Waals surface area contributed by atoms with Gasteiger partial charge in [0.1, 0.15) is 6.10 Å². The highest BCUT2D eigenvalue weighted by Gasteiger charge is 2.22. The Morgan fingerprint density at radius 1 is 0.909 bits per heavy atom. The first-order chi connectivity index (χ1) is 10.7. The van der Waals surface area contributed by atoms with E-state index in [-0.39, 0.29) is 12.2 Å². The molecule has 1 aliphatic rings. The van der Waals surface area contributed by atoms with Crippen LogP contribution in [0.3, 0.4) is 0 Å². The van der Waals surface area contributed by atoms with Crippen LogP contribution in [0.5, 0.6) is 0 Å². The van der Waals surface area contributed by atoms with Gasteiger partial charge in [0.05, 0.1) is 6.10 Å². The van der Waals surface area contributed by atoms with Crippen molar-refractivity contribution in [1.29, 1.82) is 0 Å². The van der Waals surface area contributed by atoms with Crippen LogP contribution < -0.4 is 5.32 Å². The fraction of sp³-hybridized carbons (Fsp3) is 0.333. The molecule has 2 aromatic carbocycles. The first-order valence-electron chi connectivity index (χ1n) is 7.60. The first-order valence-corrected chi connectivity index (χ1v) is 7.60. The third-order valence-electron chi connectivity index (χ3n) is 3.96. The number of ether oxygens (including phenoxy) is 1. The minimum absolute atomic E-state index is 0.125. The van der Waals surface area contributed by atoms with E-state index in [9.17, 15) is 8.78 Å². The van der Waals surface area contributed by atoms with Crippen molar-refractivity contribution < 1.29 is 13.5 Å². The fourth-order valence-corrected chi connectivity index (χ4v) is 2.78. The van der Waals surface area contributed by atoms with E-state index in [2.05, 4.69) is 5.32 Å². The third kappa shape index (κ3) is 3.51. The molecule has 116 valence electrons. The highest BCUT2D eigenvalue weighted by molar-refractivity contribution is 5.30. The van der Waals surface area contributed by atoms with Crippen LogP contribution in [-0.2, 0) is 4.74 Å². The molecule has 1 heterocycles. The van der Waals surface area contributed by atoms with Gasteiger partial charge in [-0.05, 0) is 49.2 Å². The Hall–Kier alpha value is -1.78. The van der Waals surface area contributed by atoms with Crippen LogP contribution >= 0.6 is 0 Å². The summed E-state index contributed by atoms with van der Waals surface area (Å²) in [6, 6.07) is 13.7. The summed E-state index contributed by atoms with van der Waals surface area (Å²) in [7, 11) is 0. The molecule has 0 aliphatic carbocycles. The lowest BCUT2D eigenvalue weighted by Crippen LogP contribution is -2.33. The molecule has 2 nitrogen and oxygen atoms in total. The standard InChI is InChI=1S/C18H19F2NO/c19-16-7-6-14(12-17(16)20)18(13-4-2-1-3-5-13)22-15-8-10-21-11-9-15/h1-7,12,15,18,21H,8-11H2. The zero-order valence-corrected chi connectivity index (χ0v) is 12.3. The van der Waals surface area contributed by atoms with E-state index >= 15 is 0 Å². The molecule has 22 heavy (non-hydrogen) atoms. The zero-order valence-electron chi connectivity index (χ0n) is 12.3. The predicted molar refractivity (Wildman–Crippen MR) is 81.6 cm³/mol. The summed E-state index contributed by atoms with van der Waals surface area (Å²) in [5.41, 5.74) is 1.59. The molecule has 1 atom stereocenters. The lowest BCUT2D eigenvalue weighted by atomic mass is 10.00. The van der Waals surface area contributed by atoms with Crippen molar-refractivity contribution in [2.75, 3.05) is 13.1 Å². The van der Waals surface area contributed by atoms with Gasteiger partial charge in [-0.3, -0.25) is 0 Å². The van der Waals surface area contributed by atoms with Crippen LogP contribution in [0, 0.1) is 11.6 Å². The van der Waals surface area contributed by atoms with E-state index in [4.69, 9.17) is 4.74 Å². The van der Waals surface area contributed by atoms with Gasteiger partial charge in [0.15, 0.2) is 11.6 Å². The number of benzene rings is 2. The highest BCUT2D eigenvalue weighted by atomic mass is 19.2. The third-order valence-corrected chi connectivity index (χ3v) is 3.96. The van der Waals surface area contributed by atoms with Gasteiger partial charge in [0.2, 0.25) is 0 Å². The average Bonchev–Trinajstić information content (AvgIpc) is 2.57. The molecule has 1 unspecified atom stereocenters. The molecule has 4 heteroatoms. The van der Waals surface area contributed by atoms with E-state index in [0.717, 1.165) is 37.6 Å². The molecule has 0 aromatic heterocycles. The first kappa shape index (κ1) is 15.1. The van der Waals surface area contributed by atoms with Crippen LogP contribution in [0.2, 0.25) is 0 Å². The Bertz CT molecular complexity index is 612. The van der Waals surface area contributed by atoms with Gasteiger partial charge < -0.3 is 10.1 Å². The van der Waals surface area contributed by atoms with E-state index in [1.54, 1.807) is 6.07 Å². The second-order valence-electron chi connectivity index (χ2n) is 5.55. The van der Waals surface area contributed by atoms with Gasteiger partial charge in [-0.15, -0.1) is 0 Å². The number of nitrogens with one attached hydrogen (secondary N) is 1. The SMILES string of the molecule is Fc1ccc(C(OC2CCNCC2)c2ccccc2)cc1F. The molecule has 3 rings (SSSR count). The number of hydrogen-bond acceptors (Lipinski definition) is 2. The van der Waals surface area contributed by atoms with Crippen LogP contribution in [0.25, 0.3) is 0 Å². The second-order valence-corrected chi connectivity index (χ2v) is 5.55. The van der Waals surface area contributed by atoms with Crippen LogP contribution in [0.1, 0.15) is 30.1 Å². The molecule has 0 saturated carbocycles. The summed E-state index contributed by atoms with van der Waals surface area (Å²) in [5.74, 6) is -1.68. The van der Waals surface area contributed by atoms with Crippen molar-refractivity contribution in [2.24, 2.45) is 0 Å². The van der Waals surface area contributed by atoms with E-state index in [0.29, 0.717) is 5.56 Å². The Morgan fingerprint density at radius 3 is 2.32 bits per heavy atom. The summed E-state index contributed by atoms with van der Waals surface area (Å²) < 4.78 is 33.0.